The van der Waals surface area contributed by atoms with Gasteiger partial charge in [-0.2, -0.15) is 0 Å². The van der Waals surface area contributed by atoms with Gasteiger partial charge in [0.15, 0.2) is 0 Å². The minimum Gasteiger partial charge on any atom is -0.349 e. The molecule has 1 atom stereocenters. The second-order valence-electron chi connectivity index (χ2n) is 4.38. The van der Waals surface area contributed by atoms with Crippen molar-refractivity contribution in [3.63, 3.8) is 0 Å². The van der Waals surface area contributed by atoms with Crippen molar-refractivity contribution in [2.45, 2.75) is 25.8 Å². The summed E-state index contributed by atoms with van der Waals surface area (Å²) >= 11 is 6.13. The van der Waals surface area contributed by atoms with Gasteiger partial charge < -0.3 is 10.3 Å². The Morgan fingerprint density at radius 1 is 1.47 bits per heavy atom. The van der Waals surface area contributed by atoms with E-state index in [9.17, 15) is 4.39 Å². The van der Waals surface area contributed by atoms with E-state index in [1.807, 2.05) is 0 Å². The van der Waals surface area contributed by atoms with Crippen LogP contribution in [0.4, 0.5) is 4.39 Å². The van der Waals surface area contributed by atoms with Crippen LogP contribution < -0.4 is 5.32 Å². The summed E-state index contributed by atoms with van der Waals surface area (Å²) in [5.41, 5.74) is 0.508. The number of halogens is 2. The molecule has 2 rings (SSSR count). The molecule has 2 aromatic rings. The van der Waals surface area contributed by atoms with Gasteiger partial charge in [-0.3, -0.25) is 0 Å². The van der Waals surface area contributed by atoms with E-state index in [1.54, 1.807) is 24.5 Å². The van der Waals surface area contributed by atoms with Crippen LogP contribution in [0.3, 0.4) is 0 Å². The molecule has 5 heteroatoms. The molecule has 0 fully saturated rings. The van der Waals surface area contributed by atoms with Crippen LogP contribution in [0, 0.1) is 5.82 Å². The normalized spacial score (nSPS) is 12.6. The smallest absolute Gasteiger partial charge is 0.129 e. The number of imidazole rings is 1. The molecule has 3 nitrogen and oxygen atoms in total. The molecule has 1 unspecified atom stereocenters. The molecule has 102 valence electrons. The predicted octanol–water partition coefficient (Wildman–Crippen LogP) is 3.49. The topological polar surface area (TPSA) is 40.7 Å². The fourth-order valence-electron chi connectivity index (χ4n) is 2.04. The lowest BCUT2D eigenvalue weighted by Crippen LogP contribution is -2.25. The minimum atomic E-state index is -0.285. The summed E-state index contributed by atoms with van der Waals surface area (Å²) in [4.78, 5) is 7.22. The Kier molecular flexibility index (Phi) is 4.93. The van der Waals surface area contributed by atoms with Crippen molar-refractivity contribution in [2.24, 2.45) is 0 Å². The monoisotopic (exact) mass is 281 g/mol. The summed E-state index contributed by atoms with van der Waals surface area (Å²) < 4.78 is 14.0. The van der Waals surface area contributed by atoms with Crippen molar-refractivity contribution < 1.29 is 4.39 Å². The van der Waals surface area contributed by atoms with E-state index in [1.165, 1.54) is 6.07 Å². The summed E-state index contributed by atoms with van der Waals surface area (Å²) in [5, 5.41) is 3.77. The molecule has 19 heavy (non-hydrogen) atoms. The van der Waals surface area contributed by atoms with Gasteiger partial charge in [0, 0.05) is 35.4 Å². The highest BCUT2D eigenvalue weighted by Gasteiger charge is 2.19. The zero-order valence-electron chi connectivity index (χ0n) is 10.8. The number of hydrogen-bond donors (Lipinski definition) is 2. The second-order valence-corrected chi connectivity index (χ2v) is 4.79. The quantitative estimate of drug-likeness (QED) is 0.851. The van der Waals surface area contributed by atoms with Gasteiger partial charge in [0.25, 0.3) is 0 Å². The molecule has 0 saturated heterocycles. The number of aromatic amines is 1. The Balaban J connectivity index is 2.26. The van der Waals surface area contributed by atoms with Crippen LogP contribution in [-0.4, -0.2) is 16.5 Å². The van der Waals surface area contributed by atoms with Gasteiger partial charge in [-0.05, 0) is 25.1 Å². The number of H-pyrrole nitrogens is 1. The van der Waals surface area contributed by atoms with Crippen LogP contribution in [0.15, 0.2) is 30.6 Å². The molecule has 1 aromatic carbocycles. The summed E-state index contributed by atoms with van der Waals surface area (Å²) in [6, 6.07) is 4.58. The van der Waals surface area contributed by atoms with Crippen LogP contribution in [-0.2, 0) is 6.42 Å². The third-order valence-electron chi connectivity index (χ3n) is 2.94. The van der Waals surface area contributed by atoms with Crippen molar-refractivity contribution in [1.82, 2.24) is 15.3 Å². The molecule has 0 radical (unpaired) electrons. The minimum absolute atomic E-state index is 0.181. The highest BCUT2D eigenvalue weighted by Crippen LogP contribution is 2.27. The maximum absolute atomic E-state index is 14.0. The van der Waals surface area contributed by atoms with Gasteiger partial charge in [0.05, 0.1) is 0 Å². The lowest BCUT2D eigenvalue weighted by Gasteiger charge is -2.19. The summed E-state index contributed by atoms with van der Waals surface area (Å²) in [7, 11) is 0. The molecule has 2 N–H and O–H groups in total. The van der Waals surface area contributed by atoms with Gasteiger partial charge in [-0.25, -0.2) is 9.37 Å². The van der Waals surface area contributed by atoms with Crippen LogP contribution in [0.2, 0.25) is 5.02 Å². The van der Waals surface area contributed by atoms with Crippen LogP contribution in [0.5, 0.6) is 0 Å². The Morgan fingerprint density at radius 2 is 2.32 bits per heavy atom. The molecule has 1 aromatic heterocycles. The van der Waals surface area contributed by atoms with Crippen molar-refractivity contribution in [2.75, 3.05) is 6.54 Å². The number of benzene rings is 1. The Morgan fingerprint density at radius 3 is 2.95 bits per heavy atom. The van der Waals surface area contributed by atoms with E-state index in [2.05, 4.69) is 22.2 Å². The molecule has 0 saturated carbocycles. The Labute approximate surface area is 117 Å². The van der Waals surface area contributed by atoms with Gasteiger partial charge in [0.1, 0.15) is 11.6 Å². The lowest BCUT2D eigenvalue weighted by molar-refractivity contribution is 0.490. The first-order valence-corrected chi connectivity index (χ1v) is 6.75. The fourth-order valence-corrected chi connectivity index (χ4v) is 2.34. The molecule has 0 spiro atoms. The molecule has 0 aliphatic heterocycles. The molecule has 0 amide bonds. The van der Waals surface area contributed by atoms with E-state index in [0.29, 0.717) is 17.0 Å². The molecule has 0 bridgehead atoms. The largest absolute Gasteiger partial charge is 0.349 e. The summed E-state index contributed by atoms with van der Waals surface area (Å²) in [6.45, 7) is 2.87. The second kappa shape index (κ2) is 6.68. The Hall–Kier alpha value is -1.39. The van der Waals surface area contributed by atoms with Crippen molar-refractivity contribution >= 4 is 11.6 Å². The molecule has 0 aliphatic rings. The number of nitrogens with zero attached hydrogens (tertiary/aromatic N) is 1. The van der Waals surface area contributed by atoms with E-state index >= 15 is 0 Å². The Bertz CT molecular complexity index is 493. The molecule has 0 aliphatic carbocycles. The molecular weight excluding hydrogens is 265 g/mol. The number of rotatable bonds is 6. The van der Waals surface area contributed by atoms with Crippen molar-refractivity contribution in [3.05, 3.63) is 52.8 Å². The van der Waals surface area contributed by atoms with E-state index in [0.717, 1.165) is 18.8 Å². The summed E-state index contributed by atoms with van der Waals surface area (Å²) in [5.74, 6) is 0.528. The highest BCUT2D eigenvalue weighted by atomic mass is 35.5. The zero-order valence-corrected chi connectivity index (χ0v) is 11.5. The SMILES string of the molecule is CCCNC(Cc1ncc[nH]1)c1c(F)cccc1Cl. The molecule has 1 heterocycles. The first-order chi connectivity index (χ1) is 9.22. The maximum atomic E-state index is 14.0. The number of aromatic nitrogens is 2. The first kappa shape index (κ1) is 14.0. The third kappa shape index (κ3) is 3.55. The standard InChI is InChI=1S/C14H17ClFN3/c1-2-6-17-12(9-13-18-7-8-19-13)14-10(15)4-3-5-11(14)16/h3-5,7-8,12,17H,2,6,9H2,1H3,(H,18,19). The van der Waals surface area contributed by atoms with Gasteiger partial charge in [-0.1, -0.05) is 24.6 Å². The van der Waals surface area contributed by atoms with Crippen LogP contribution in [0.1, 0.15) is 30.8 Å². The zero-order chi connectivity index (χ0) is 13.7. The van der Waals surface area contributed by atoms with Gasteiger partial charge in [-0.15, -0.1) is 0 Å². The number of nitrogens with one attached hydrogen (secondary N) is 2. The van der Waals surface area contributed by atoms with Gasteiger partial charge in [0.2, 0.25) is 0 Å². The van der Waals surface area contributed by atoms with Crippen molar-refractivity contribution in [1.29, 1.82) is 0 Å². The van der Waals surface area contributed by atoms with Crippen LogP contribution in [0.25, 0.3) is 0 Å². The predicted molar refractivity (Wildman–Crippen MR) is 74.7 cm³/mol. The average Bonchev–Trinajstić information content (AvgIpc) is 2.88. The lowest BCUT2D eigenvalue weighted by atomic mass is 10.0. The number of hydrogen-bond acceptors (Lipinski definition) is 2. The molecular formula is C14H17ClFN3. The maximum Gasteiger partial charge on any atom is 0.129 e. The van der Waals surface area contributed by atoms with Gasteiger partial charge >= 0.3 is 0 Å². The highest BCUT2D eigenvalue weighted by molar-refractivity contribution is 6.31. The first-order valence-electron chi connectivity index (χ1n) is 6.38. The average molecular weight is 282 g/mol. The third-order valence-corrected chi connectivity index (χ3v) is 3.27. The van der Waals surface area contributed by atoms with E-state index in [-0.39, 0.29) is 11.9 Å². The van der Waals surface area contributed by atoms with Crippen LogP contribution >= 0.6 is 11.6 Å². The fraction of sp³-hybridized carbons (Fsp3) is 0.357. The van der Waals surface area contributed by atoms with Crippen molar-refractivity contribution in [3.8, 4) is 0 Å². The van der Waals surface area contributed by atoms with E-state index < -0.39 is 0 Å². The summed E-state index contributed by atoms with van der Waals surface area (Å²) in [6.07, 6.45) is 5.00. The van der Waals surface area contributed by atoms with E-state index in [4.69, 9.17) is 11.6 Å².